The van der Waals surface area contributed by atoms with Crippen molar-refractivity contribution in [2.24, 2.45) is 17.6 Å². The molecule has 0 aliphatic heterocycles. The van der Waals surface area contributed by atoms with Crippen LogP contribution in [-0.4, -0.2) is 51.0 Å². The van der Waals surface area contributed by atoms with Crippen molar-refractivity contribution in [3.8, 4) is 11.5 Å². The van der Waals surface area contributed by atoms with Crippen molar-refractivity contribution in [1.29, 1.82) is 0 Å². The largest absolute Gasteiger partial charge is 0.493 e. The normalized spacial score (nSPS) is 17.3. The Hall–Kier alpha value is -3.21. The average Bonchev–Trinajstić information content (AvgIpc) is 3.01. The van der Waals surface area contributed by atoms with Crippen molar-refractivity contribution >= 4 is 16.0 Å². The summed E-state index contributed by atoms with van der Waals surface area (Å²) in [4.78, 5) is 8.13. The number of nitrogens with zero attached hydrogens (tertiary/aromatic N) is 2. The van der Waals surface area contributed by atoms with Crippen LogP contribution in [0.25, 0.3) is 0 Å². The van der Waals surface area contributed by atoms with E-state index >= 15 is 0 Å². The smallest absolute Gasteiger partial charge is 0.236 e. The van der Waals surface area contributed by atoms with Gasteiger partial charge in [-0.2, -0.15) is 0 Å². The van der Waals surface area contributed by atoms with Gasteiger partial charge in [0, 0.05) is 24.8 Å². The van der Waals surface area contributed by atoms with Gasteiger partial charge in [-0.05, 0) is 105 Å². The molecule has 1 heterocycles. The fourth-order valence-electron chi connectivity index (χ4n) is 5.51. The summed E-state index contributed by atoms with van der Waals surface area (Å²) in [6.07, 6.45) is 10.8. The summed E-state index contributed by atoms with van der Waals surface area (Å²) in [5, 5.41) is 0. The number of nitrogens with one attached hydrogen (secondary N) is 1. The Morgan fingerprint density at radius 2 is 1.43 bits per heavy atom. The summed E-state index contributed by atoms with van der Waals surface area (Å²) in [6.45, 7) is 7.89. The molecule has 0 atom stereocenters. The van der Waals surface area contributed by atoms with Gasteiger partial charge in [-0.1, -0.05) is 38.1 Å². The van der Waals surface area contributed by atoms with E-state index in [1.165, 1.54) is 37.4 Å². The molecule has 44 heavy (non-hydrogen) atoms. The van der Waals surface area contributed by atoms with Crippen LogP contribution in [-0.2, 0) is 26.8 Å². The molecule has 0 unspecified atom stereocenters. The lowest BCUT2D eigenvalue weighted by atomic mass is 9.78. The highest BCUT2D eigenvalue weighted by Gasteiger charge is 2.24. The van der Waals surface area contributed by atoms with Gasteiger partial charge in [0.1, 0.15) is 18.1 Å². The van der Waals surface area contributed by atoms with Crippen LogP contribution in [0.5, 0.6) is 11.5 Å². The summed E-state index contributed by atoms with van der Waals surface area (Å²) < 4.78 is 43.1. The third kappa shape index (κ3) is 10.7. The molecule has 1 aliphatic rings. The molecule has 1 aliphatic carbocycles. The molecule has 2 aromatic carbocycles. The number of nitrogens with two attached hydrogens (primary N) is 1. The number of hydrogen-bond acceptors (Lipinski definition) is 8. The number of unbranched alkanes of at least 4 members (excludes halogenated alkanes) is 2. The molecule has 10 heteroatoms. The number of ether oxygens (including phenoxy) is 3. The molecule has 1 saturated carbocycles. The molecular weight excluding hydrogens is 576 g/mol. The topological polar surface area (TPSA) is 126 Å². The maximum absolute atomic E-state index is 11.4. The van der Waals surface area contributed by atoms with Crippen LogP contribution in [0.1, 0.15) is 75.6 Å². The molecular formula is C34H48N4O5S. The van der Waals surface area contributed by atoms with Gasteiger partial charge in [0.2, 0.25) is 16.0 Å². The lowest BCUT2D eigenvalue weighted by Crippen LogP contribution is -2.23. The number of anilines is 1. The lowest BCUT2D eigenvalue weighted by molar-refractivity contribution is 0.0694. The highest BCUT2D eigenvalue weighted by Crippen LogP contribution is 2.34. The Balaban J connectivity index is 1.21. The van der Waals surface area contributed by atoms with Crippen LogP contribution < -0.4 is 19.9 Å². The van der Waals surface area contributed by atoms with E-state index in [2.05, 4.69) is 64.9 Å². The summed E-state index contributed by atoms with van der Waals surface area (Å²) in [6, 6.07) is 18.2. The lowest BCUT2D eigenvalue weighted by Gasteiger charge is -2.28. The number of rotatable bonds is 17. The van der Waals surface area contributed by atoms with Gasteiger partial charge in [-0.15, -0.1) is 0 Å². The first-order valence-electron chi connectivity index (χ1n) is 15.7. The molecule has 1 fully saturated rings. The van der Waals surface area contributed by atoms with Crippen LogP contribution in [0, 0.1) is 11.8 Å². The first-order chi connectivity index (χ1) is 21.1. The van der Waals surface area contributed by atoms with Gasteiger partial charge in [0.25, 0.3) is 0 Å². The van der Waals surface area contributed by atoms with Crippen molar-refractivity contribution in [2.75, 3.05) is 37.3 Å². The van der Waals surface area contributed by atoms with Crippen LogP contribution >= 0.6 is 0 Å². The zero-order valence-electron chi connectivity index (χ0n) is 26.3. The van der Waals surface area contributed by atoms with Crippen LogP contribution in [0.2, 0.25) is 0 Å². The fraction of sp³-hybridized carbons (Fsp3) is 0.529. The minimum absolute atomic E-state index is 0.0242. The second-order valence-corrected chi connectivity index (χ2v) is 14.1. The minimum atomic E-state index is -3.45. The van der Waals surface area contributed by atoms with Crippen LogP contribution in [0.3, 0.4) is 0 Å². The van der Waals surface area contributed by atoms with E-state index in [1.807, 2.05) is 12.1 Å². The predicted octanol–water partition coefficient (Wildman–Crippen LogP) is 6.08. The van der Waals surface area contributed by atoms with Crippen molar-refractivity contribution < 1.29 is 22.6 Å². The summed E-state index contributed by atoms with van der Waals surface area (Å²) in [5.74, 6) is 2.92. The molecule has 0 spiro atoms. The Kier molecular flexibility index (Phi) is 12.4. The second-order valence-electron chi connectivity index (χ2n) is 12.3. The second kappa shape index (κ2) is 16.2. The first kappa shape index (κ1) is 33.7. The molecule has 0 radical (unpaired) electrons. The van der Waals surface area contributed by atoms with Crippen molar-refractivity contribution in [1.82, 2.24) is 9.97 Å². The zero-order chi connectivity index (χ0) is 31.4. The summed E-state index contributed by atoms with van der Waals surface area (Å²) in [7, 11) is -3.45. The molecule has 240 valence electrons. The summed E-state index contributed by atoms with van der Waals surface area (Å²) in [5.41, 5.74) is 8.28. The van der Waals surface area contributed by atoms with Crippen LogP contribution in [0.4, 0.5) is 5.95 Å². The Labute approximate surface area is 263 Å². The average molecular weight is 625 g/mol. The van der Waals surface area contributed by atoms with Crippen LogP contribution in [0.15, 0.2) is 60.8 Å². The monoisotopic (exact) mass is 624 g/mol. The number of aromatic nitrogens is 2. The molecule has 3 aromatic rings. The Morgan fingerprint density at radius 3 is 2.02 bits per heavy atom. The third-order valence-corrected chi connectivity index (χ3v) is 8.88. The zero-order valence-corrected chi connectivity index (χ0v) is 27.2. The summed E-state index contributed by atoms with van der Waals surface area (Å²) >= 11 is 0. The quantitative estimate of drug-likeness (QED) is 0.173. The first-order valence-corrected chi connectivity index (χ1v) is 17.6. The standard InChI is InChI=1S/C34H48N4O5S/c1-34(2,29-13-17-32(18-14-29)43-25-30-19-21-36-33(37-30)38-44(3,39)40)28-11-15-31(16-12-28)42-24-27-9-7-26(8-10-27)23-41-22-6-4-5-20-35/h11-19,21,26-27H,4-10,20,22-25,35H2,1-3H3,(H,36,37,38). The molecule has 3 N–H and O–H groups in total. The third-order valence-electron chi connectivity index (χ3n) is 8.33. The molecule has 0 bridgehead atoms. The molecule has 1 aromatic heterocycles. The van der Waals surface area contributed by atoms with Gasteiger partial charge in [-0.3, -0.25) is 4.72 Å². The highest BCUT2D eigenvalue weighted by atomic mass is 32.2. The van der Waals surface area contributed by atoms with E-state index in [4.69, 9.17) is 19.9 Å². The molecule has 4 rings (SSSR count). The Morgan fingerprint density at radius 1 is 0.841 bits per heavy atom. The van der Waals surface area contributed by atoms with Crippen molar-refractivity contribution in [3.63, 3.8) is 0 Å². The van der Waals surface area contributed by atoms with E-state index in [1.54, 1.807) is 6.07 Å². The predicted molar refractivity (Wildman–Crippen MR) is 175 cm³/mol. The van der Waals surface area contributed by atoms with E-state index in [-0.39, 0.29) is 18.0 Å². The fourth-order valence-corrected chi connectivity index (χ4v) is 5.94. The van der Waals surface area contributed by atoms with Gasteiger partial charge in [0.05, 0.1) is 18.6 Å². The van der Waals surface area contributed by atoms with E-state index < -0.39 is 10.0 Å². The molecule has 0 saturated heterocycles. The van der Waals surface area contributed by atoms with E-state index in [0.29, 0.717) is 23.3 Å². The molecule has 9 nitrogen and oxygen atoms in total. The van der Waals surface area contributed by atoms with Gasteiger partial charge in [-0.25, -0.2) is 18.4 Å². The SMILES string of the molecule is CC(C)(c1ccc(OCc2ccnc(NS(C)(=O)=O)n2)cc1)c1ccc(OCC2CCC(COCCCCCN)CC2)cc1. The van der Waals surface area contributed by atoms with Gasteiger partial charge < -0.3 is 19.9 Å². The Bertz CT molecular complexity index is 1390. The highest BCUT2D eigenvalue weighted by molar-refractivity contribution is 7.91. The van der Waals surface area contributed by atoms with E-state index in [9.17, 15) is 8.42 Å². The van der Waals surface area contributed by atoms with Crippen molar-refractivity contribution in [3.05, 3.63) is 77.6 Å². The number of benzene rings is 2. The van der Waals surface area contributed by atoms with Gasteiger partial charge in [0.15, 0.2) is 0 Å². The number of hydrogen-bond donors (Lipinski definition) is 2. The number of sulfonamides is 1. The maximum Gasteiger partial charge on any atom is 0.236 e. The van der Waals surface area contributed by atoms with Gasteiger partial charge >= 0.3 is 0 Å². The minimum Gasteiger partial charge on any atom is -0.493 e. The van der Waals surface area contributed by atoms with E-state index in [0.717, 1.165) is 63.2 Å². The maximum atomic E-state index is 11.4. The van der Waals surface area contributed by atoms with Crippen molar-refractivity contribution in [2.45, 2.75) is 70.8 Å². The molecule has 0 amide bonds.